The second-order valence-corrected chi connectivity index (χ2v) is 7.68. The molecule has 0 aliphatic heterocycles. The summed E-state index contributed by atoms with van der Waals surface area (Å²) in [5.74, 6) is 5.54. The Morgan fingerprint density at radius 3 is 2.07 bits per heavy atom. The number of rotatable bonds is 4. The molecule has 2 heteroatoms. The Morgan fingerprint density at radius 2 is 1.52 bits per heavy atom. The average Bonchev–Trinajstić information content (AvgIpc) is 2.69. The first kappa shape index (κ1) is 19.6. The second kappa shape index (κ2) is 9.18. The molecule has 1 aliphatic carbocycles. The van der Waals surface area contributed by atoms with Crippen LogP contribution in [0, 0.1) is 29.4 Å². The van der Waals surface area contributed by atoms with E-state index in [1.807, 2.05) is 24.3 Å². The molecule has 2 aromatic carbocycles. The van der Waals surface area contributed by atoms with E-state index in [2.05, 4.69) is 25.7 Å². The van der Waals surface area contributed by atoms with Crippen LogP contribution >= 0.6 is 0 Å². The maximum atomic E-state index is 14.5. The summed E-state index contributed by atoms with van der Waals surface area (Å²) < 4.78 is 29.1. The molecule has 0 radical (unpaired) electrons. The van der Waals surface area contributed by atoms with Gasteiger partial charge in [-0.05, 0) is 79.3 Å². The molecule has 3 rings (SSSR count). The number of benzene rings is 2. The summed E-state index contributed by atoms with van der Waals surface area (Å²) in [5, 5.41) is 0. The van der Waals surface area contributed by atoms with Crippen molar-refractivity contribution in [2.24, 2.45) is 5.92 Å². The van der Waals surface area contributed by atoms with Gasteiger partial charge in [-0.2, -0.15) is 0 Å². The first-order valence-corrected chi connectivity index (χ1v) is 10.2. The molecular weight excluding hydrogens is 338 g/mol. The minimum atomic E-state index is -0.544. The molecule has 0 amide bonds. The van der Waals surface area contributed by atoms with Crippen LogP contribution in [0.2, 0.25) is 0 Å². The molecule has 1 saturated carbocycles. The van der Waals surface area contributed by atoms with Gasteiger partial charge in [-0.15, -0.1) is 0 Å². The van der Waals surface area contributed by atoms with E-state index in [0.717, 1.165) is 55.6 Å². The van der Waals surface area contributed by atoms with Crippen LogP contribution in [-0.4, -0.2) is 0 Å². The van der Waals surface area contributed by atoms with Crippen molar-refractivity contribution in [3.05, 3.63) is 70.3 Å². The molecule has 0 heterocycles. The van der Waals surface area contributed by atoms with Crippen LogP contribution in [-0.2, 0) is 6.42 Å². The monoisotopic (exact) mass is 366 g/mol. The van der Waals surface area contributed by atoms with Gasteiger partial charge in [0.1, 0.15) is 11.6 Å². The van der Waals surface area contributed by atoms with E-state index < -0.39 is 11.6 Å². The topological polar surface area (TPSA) is 0 Å². The Morgan fingerprint density at radius 1 is 0.889 bits per heavy atom. The van der Waals surface area contributed by atoms with Crippen molar-refractivity contribution in [1.29, 1.82) is 0 Å². The molecule has 0 atom stereocenters. The van der Waals surface area contributed by atoms with Gasteiger partial charge in [0.05, 0.1) is 5.56 Å². The van der Waals surface area contributed by atoms with Crippen molar-refractivity contribution in [2.75, 3.05) is 0 Å². The minimum Gasteiger partial charge on any atom is -0.206 e. The summed E-state index contributed by atoms with van der Waals surface area (Å²) in [4.78, 5) is 0. The van der Waals surface area contributed by atoms with Gasteiger partial charge in [-0.3, -0.25) is 0 Å². The van der Waals surface area contributed by atoms with Crippen molar-refractivity contribution in [3.8, 4) is 11.8 Å². The normalized spacial score (nSPS) is 19.4. The first-order valence-electron chi connectivity index (χ1n) is 10.2. The fraction of sp³-hybridized carbons (Fsp3) is 0.440. The van der Waals surface area contributed by atoms with E-state index >= 15 is 0 Å². The molecule has 0 nitrogen and oxygen atoms in total. The van der Waals surface area contributed by atoms with Crippen LogP contribution in [0.3, 0.4) is 0 Å². The zero-order valence-electron chi connectivity index (χ0n) is 16.3. The van der Waals surface area contributed by atoms with E-state index in [1.165, 1.54) is 24.1 Å². The molecule has 1 fully saturated rings. The summed E-state index contributed by atoms with van der Waals surface area (Å²) in [6.45, 7) is 4.35. The zero-order chi connectivity index (χ0) is 19.2. The highest BCUT2D eigenvalue weighted by atomic mass is 19.1. The van der Waals surface area contributed by atoms with E-state index in [1.54, 1.807) is 0 Å². The smallest absolute Gasteiger partial charge is 0.142 e. The Labute approximate surface area is 162 Å². The van der Waals surface area contributed by atoms with Crippen molar-refractivity contribution in [3.63, 3.8) is 0 Å². The summed E-state index contributed by atoms with van der Waals surface area (Å²) in [5.41, 5.74) is 2.69. The summed E-state index contributed by atoms with van der Waals surface area (Å²) in [7, 11) is 0. The number of aryl methyl sites for hydroxylation is 1. The molecule has 142 valence electrons. The zero-order valence-corrected chi connectivity index (χ0v) is 16.3. The summed E-state index contributed by atoms with van der Waals surface area (Å²) >= 11 is 0. The molecule has 0 aromatic heterocycles. The Kier molecular flexibility index (Phi) is 6.67. The fourth-order valence-corrected chi connectivity index (χ4v) is 4.03. The SMILES string of the molecule is CCCc1ccc(C#Cc2c(F)cc(C3CCC(CC)CC3)cc2F)cc1. The van der Waals surface area contributed by atoms with Crippen molar-refractivity contribution in [1.82, 2.24) is 0 Å². The van der Waals surface area contributed by atoms with Gasteiger partial charge in [-0.25, -0.2) is 8.78 Å². The van der Waals surface area contributed by atoms with Gasteiger partial charge in [-0.1, -0.05) is 50.7 Å². The van der Waals surface area contributed by atoms with Crippen molar-refractivity contribution < 1.29 is 8.78 Å². The molecule has 0 N–H and O–H groups in total. The minimum absolute atomic E-state index is 0.126. The second-order valence-electron chi connectivity index (χ2n) is 7.68. The highest BCUT2D eigenvalue weighted by Crippen LogP contribution is 2.37. The quantitative estimate of drug-likeness (QED) is 0.511. The Balaban J connectivity index is 1.76. The molecule has 0 saturated heterocycles. The number of halogens is 2. The summed E-state index contributed by atoms with van der Waals surface area (Å²) in [6.07, 6.45) is 7.66. The van der Waals surface area contributed by atoms with Crippen LogP contribution in [0.4, 0.5) is 8.78 Å². The van der Waals surface area contributed by atoms with Crippen LogP contribution < -0.4 is 0 Å². The van der Waals surface area contributed by atoms with Gasteiger partial charge in [0.25, 0.3) is 0 Å². The predicted molar refractivity (Wildman–Crippen MR) is 108 cm³/mol. The van der Waals surface area contributed by atoms with E-state index in [9.17, 15) is 8.78 Å². The van der Waals surface area contributed by atoms with Gasteiger partial charge in [0, 0.05) is 5.56 Å². The van der Waals surface area contributed by atoms with Gasteiger partial charge >= 0.3 is 0 Å². The van der Waals surface area contributed by atoms with Crippen LogP contribution in [0.1, 0.15) is 80.5 Å². The maximum absolute atomic E-state index is 14.5. The lowest BCUT2D eigenvalue weighted by molar-refractivity contribution is 0.318. The van der Waals surface area contributed by atoms with Crippen LogP contribution in [0.25, 0.3) is 0 Å². The van der Waals surface area contributed by atoms with Gasteiger partial charge in [0.15, 0.2) is 0 Å². The molecule has 0 spiro atoms. The first-order chi connectivity index (χ1) is 13.1. The molecular formula is C25H28F2. The average molecular weight is 366 g/mol. The van der Waals surface area contributed by atoms with E-state index in [0.29, 0.717) is 0 Å². The van der Waals surface area contributed by atoms with Crippen molar-refractivity contribution in [2.45, 2.75) is 64.7 Å². The largest absolute Gasteiger partial charge is 0.206 e. The molecule has 0 bridgehead atoms. The third-order valence-corrected chi connectivity index (χ3v) is 5.78. The standard InChI is InChI=1S/C25H28F2/c1-3-5-19-6-8-20(9-7-19)12-15-23-24(26)16-22(17-25(23)27)21-13-10-18(4-2)11-14-21/h6-9,16-18,21H,3-5,10-11,13-14H2,1-2H3. The Hall–Kier alpha value is -2.14. The third-order valence-electron chi connectivity index (χ3n) is 5.78. The van der Waals surface area contributed by atoms with Gasteiger partial charge < -0.3 is 0 Å². The number of hydrogen-bond donors (Lipinski definition) is 0. The number of hydrogen-bond acceptors (Lipinski definition) is 0. The van der Waals surface area contributed by atoms with Crippen LogP contribution in [0.15, 0.2) is 36.4 Å². The highest BCUT2D eigenvalue weighted by Gasteiger charge is 2.23. The van der Waals surface area contributed by atoms with Crippen LogP contribution in [0.5, 0.6) is 0 Å². The predicted octanol–water partition coefficient (Wildman–Crippen LogP) is 7.00. The summed E-state index contributed by atoms with van der Waals surface area (Å²) in [6, 6.07) is 10.9. The molecule has 2 aromatic rings. The van der Waals surface area contributed by atoms with E-state index in [-0.39, 0.29) is 11.5 Å². The Bertz CT molecular complexity index is 793. The lowest BCUT2D eigenvalue weighted by Gasteiger charge is -2.28. The van der Waals surface area contributed by atoms with Crippen molar-refractivity contribution >= 4 is 0 Å². The molecule has 0 unspecified atom stereocenters. The maximum Gasteiger partial charge on any atom is 0.142 e. The fourth-order valence-electron chi connectivity index (χ4n) is 4.03. The molecule has 1 aliphatic rings. The van der Waals surface area contributed by atoms with Gasteiger partial charge in [0.2, 0.25) is 0 Å². The lowest BCUT2D eigenvalue weighted by Crippen LogP contribution is -2.13. The lowest BCUT2D eigenvalue weighted by atomic mass is 9.77. The van der Waals surface area contributed by atoms with E-state index in [4.69, 9.17) is 0 Å². The third kappa shape index (κ3) is 4.98. The molecule has 27 heavy (non-hydrogen) atoms. The highest BCUT2D eigenvalue weighted by molar-refractivity contribution is 5.46.